The summed E-state index contributed by atoms with van der Waals surface area (Å²) in [4.78, 5) is 49.4. The number of hydrogen-bond donors (Lipinski definition) is 8. The van der Waals surface area contributed by atoms with Crippen LogP contribution >= 0.6 is 0 Å². The average molecular weight is 1100 g/mol. The number of amides is 8. The van der Waals surface area contributed by atoms with Crippen LogP contribution in [0.25, 0.3) is 0 Å². The first kappa shape index (κ1) is 71.4. The summed E-state index contributed by atoms with van der Waals surface area (Å²) >= 11 is 0. The average Bonchev–Trinajstić information content (AvgIpc) is 3.44. The third-order valence-corrected chi connectivity index (χ3v) is 14.2. The molecule has 16 nitrogen and oxygen atoms in total. The van der Waals surface area contributed by atoms with Crippen molar-refractivity contribution in [3.05, 3.63) is 47.5 Å². The summed E-state index contributed by atoms with van der Waals surface area (Å²) in [5.74, 6) is 2.50. The van der Waals surface area contributed by atoms with Crippen LogP contribution in [0.15, 0.2) is 36.4 Å². The van der Waals surface area contributed by atoms with E-state index in [0.29, 0.717) is 99.0 Å². The van der Waals surface area contributed by atoms with Crippen LogP contribution in [0, 0.1) is 37.5 Å². The first-order valence-corrected chi connectivity index (χ1v) is 30.6. The van der Waals surface area contributed by atoms with Gasteiger partial charge in [0.15, 0.2) is 0 Å². The van der Waals surface area contributed by atoms with Crippen LogP contribution in [0.4, 0.5) is 41.9 Å². The van der Waals surface area contributed by atoms with Crippen LogP contribution in [-0.4, -0.2) is 103 Å². The van der Waals surface area contributed by atoms with Crippen molar-refractivity contribution in [3.8, 4) is 0 Å². The number of carbonyl (C=O) groups excluding carboxylic acids is 4. The zero-order valence-electron chi connectivity index (χ0n) is 50.7. The van der Waals surface area contributed by atoms with Gasteiger partial charge in [0.1, 0.15) is 0 Å². The molecule has 0 radical (unpaired) electrons. The van der Waals surface area contributed by atoms with E-state index >= 15 is 0 Å². The van der Waals surface area contributed by atoms with Crippen LogP contribution in [0.5, 0.6) is 0 Å². The fourth-order valence-electron chi connectivity index (χ4n) is 8.51. The maximum atomic E-state index is 12.4. The van der Waals surface area contributed by atoms with Crippen LogP contribution in [-0.2, 0) is 18.9 Å². The molecule has 0 aliphatic heterocycles. The maximum Gasteiger partial charge on any atom is 0.319 e. The van der Waals surface area contributed by atoms with Crippen molar-refractivity contribution in [1.29, 1.82) is 0 Å². The SMILES string of the molecule is CCCCC(CC)COCCCNC(=O)Nc1ccc(C)c(NC(=O)NCCCOCC(CC)CCCC)c1.CCCCC(CC)COCCCNC(=O)Nc1cccc(NC(=O)NCCCOCC(CC)CCCC)c1C. The fraction of sp³-hybridized carbons (Fsp3) is 0.742. The number of benzene rings is 2. The van der Waals surface area contributed by atoms with E-state index in [9.17, 15) is 19.2 Å². The van der Waals surface area contributed by atoms with E-state index in [1.54, 1.807) is 6.07 Å². The Kier molecular flexibility index (Phi) is 44.2. The van der Waals surface area contributed by atoms with Crippen molar-refractivity contribution >= 4 is 46.9 Å². The summed E-state index contributed by atoms with van der Waals surface area (Å²) in [5.41, 5.74) is 4.30. The van der Waals surface area contributed by atoms with Crippen molar-refractivity contribution < 1.29 is 38.1 Å². The molecular weight excluding hydrogens is 985 g/mol. The maximum absolute atomic E-state index is 12.4. The van der Waals surface area contributed by atoms with E-state index in [2.05, 4.69) is 97.9 Å². The third kappa shape index (κ3) is 36.5. The Morgan fingerprint density at radius 3 is 1.01 bits per heavy atom. The first-order chi connectivity index (χ1) is 37.9. The summed E-state index contributed by atoms with van der Waals surface area (Å²) < 4.78 is 23.2. The molecule has 0 aliphatic rings. The second kappa shape index (κ2) is 48.3. The molecule has 8 N–H and O–H groups in total. The molecular formula is C62H112N8O8. The van der Waals surface area contributed by atoms with E-state index in [0.717, 1.165) is 88.9 Å². The Labute approximate surface area is 473 Å². The van der Waals surface area contributed by atoms with Gasteiger partial charge in [-0.1, -0.05) is 145 Å². The molecule has 0 bridgehead atoms. The van der Waals surface area contributed by atoms with Crippen molar-refractivity contribution in [1.82, 2.24) is 21.3 Å². The number of urea groups is 4. The highest BCUT2D eigenvalue weighted by molar-refractivity contribution is 5.95. The van der Waals surface area contributed by atoms with Crippen LogP contribution < -0.4 is 42.5 Å². The molecule has 0 aliphatic carbocycles. The van der Waals surface area contributed by atoms with Crippen molar-refractivity contribution in [3.63, 3.8) is 0 Å². The van der Waals surface area contributed by atoms with Gasteiger partial charge in [0, 0.05) is 102 Å². The Morgan fingerprint density at radius 1 is 0.397 bits per heavy atom. The molecule has 0 saturated carbocycles. The minimum absolute atomic E-state index is 0.269. The predicted molar refractivity (Wildman–Crippen MR) is 325 cm³/mol. The van der Waals surface area contributed by atoms with Gasteiger partial charge in [0.2, 0.25) is 0 Å². The highest BCUT2D eigenvalue weighted by Gasteiger charge is 2.13. The summed E-state index contributed by atoms with van der Waals surface area (Å²) in [5, 5.41) is 23.0. The zero-order valence-corrected chi connectivity index (χ0v) is 50.7. The molecule has 4 unspecified atom stereocenters. The quantitative estimate of drug-likeness (QED) is 0.0300. The first-order valence-electron chi connectivity index (χ1n) is 30.6. The number of aryl methyl sites for hydroxylation is 1. The number of unbranched alkanes of at least 4 members (excludes halogenated alkanes) is 4. The number of ether oxygens (including phenoxy) is 4. The van der Waals surface area contributed by atoms with Gasteiger partial charge in [-0.2, -0.15) is 0 Å². The van der Waals surface area contributed by atoms with Crippen LogP contribution in [0.1, 0.15) is 195 Å². The van der Waals surface area contributed by atoms with Crippen LogP contribution in [0.2, 0.25) is 0 Å². The smallest absolute Gasteiger partial charge is 0.319 e. The lowest BCUT2D eigenvalue weighted by molar-refractivity contribution is 0.0924. The number of hydrogen-bond acceptors (Lipinski definition) is 8. The topological polar surface area (TPSA) is 201 Å². The van der Waals surface area contributed by atoms with E-state index in [-0.39, 0.29) is 24.1 Å². The van der Waals surface area contributed by atoms with E-state index in [1.807, 2.05) is 44.2 Å². The number of carbonyl (C=O) groups is 4. The summed E-state index contributed by atoms with van der Waals surface area (Å²) in [6.07, 6.45) is 22.4. The lowest BCUT2D eigenvalue weighted by atomic mass is 10.0. The molecule has 2 rings (SSSR count). The molecule has 16 heteroatoms. The number of rotatable bonds is 44. The van der Waals surface area contributed by atoms with Gasteiger partial charge in [0.25, 0.3) is 0 Å². The summed E-state index contributed by atoms with van der Waals surface area (Å²) in [6, 6.07) is 9.84. The van der Waals surface area contributed by atoms with Gasteiger partial charge < -0.3 is 61.5 Å². The highest BCUT2D eigenvalue weighted by atomic mass is 16.5. The molecule has 0 fully saturated rings. The Balaban J connectivity index is 0.000000780. The van der Waals surface area contributed by atoms with Gasteiger partial charge in [-0.15, -0.1) is 0 Å². The van der Waals surface area contributed by atoms with E-state index < -0.39 is 0 Å². The molecule has 0 spiro atoms. The predicted octanol–water partition coefficient (Wildman–Crippen LogP) is 15.0. The van der Waals surface area contributed by atoms with Crippen molar-refractivity contribution in [2.24, 2.45) is 23.7 Å². The fourth-order valence-corrected chi connectivity index (χ4v) is 8.51. The monoisotopic (exact) mass is 1100 g/mol. The van der Waals surface area contributed by atoms with E-state index in [4.69, 9.17) is 18.9 Å². The largest absolute Gasteiger partial charge is 0.381 e. The molecule has 2 aromatic rings. The molecule has 0 heterocycles. The zero-order chi connectivity index (χ0) is 57.4. The minimum atomic E-state index is -0.274. The van der Waals surface area contributed by atoms with Gasteiger partial charge in [-0.3, -0.25) is 0 Å². The lowest BCUT2D eigenvalue weighted by Gasteiger charge is -2.16. The number of anilines is 4. The van der Waals surface area contributed by atoms with Gasteiger partial charge in [-0.25, -0.2) is 19.2 Å². The third-order valence-electron chi connectivity index (χ3n) is 14.2. The molecule has 0 saturated heterocycles. The van der Waals surface area contributed by atoms with Crippen molar-refractivity contribution in [2.75, 3.05) is 100 Å². The van der Waals surface area contributed by atoms with Crippen molar-refractivity contribution in [2.45, 2.75) is 198 Å². The minimum Gasteiger partial charge on any atom is -0.381 e. The highest BCUT2D eigenvalue weighted by Crippen LogP contribution is 2.24. The molecule has 4 atom stereocenters. The Morgan fingerprint density at radius 2 is 0.705 bits per heavy atom. The molecule has 448 valence electrons. The normalized spacial score (nSPS) is 12.5. The van der Waals surface area contributed by atoms with Gasteiger partial charge in [-0.05, 0) is 124 Å². The summed E-state index contributed by atoms with van der Waals surface area (Å²) in [6.45, 7) is 29.4. The molecule has 8 amide bonds. The molecule has 78 heavy (non-hydrogen) atoms. The Hall–Kier alpha value is -4.64. The van der Waals surface area contributed by atoms with E-state index in [1.165, 1.54) is 77.0 Å². The Bertz CT molecular complexity index is 1720. The standard InChI is InChI=1S/2C31H56N4O4/c1-6-10-15-26(8-3)23-38-21-13-19-32-30(36)34-28-17-12-18-29(25(28)5)35-31(37)33-20-14-22-39-24-27(9-4)16-11-7-2;1-6-10-14-26(8-3)23-38-20-12-18-32-30(36)34-28-17-16-25(5)29(22-28)35-31(37)33-19-13-21-39-24-27(9-4)15-11-7-2/h12,17-18,26-27H,6-11,13-16,19-24H2,1-5H3,(H2,32,34,36)(H2,33,35,37);16-17,22,26-27H,6-15,18-21,23-24H2,1-5H3,(H2,32,34,36)(H2,33,35,37). The second-order valence-corrected chi connectivity index (χ2v) is 20.9. The molecule has 2 aromatic carbocycles. The number of nitrogens with one attached hydrogen (secondary N) is 8. The summed E-state index contributed by atoms with van der Waals surface area (Å²) in [7, 11) is 0. The lowest BCUT2D eigenvalue weighted by Crippen LogP contribution is -2.31. The van der Waals surface area contributed by atoms with Gasteiger partial charge in [0.05, 0.1) is 0 Å². The van der Waals surface area contributed by atoms with Gasteiger partial charge >= 0.3 is 24.1 Å². The van der Waals surface area contributed by atoms with Crippen LogP contribution in [0.3, 0.4) is 0 Å². The molecule has 0 aromatic heterocycles. The second-order valence-electron chi connectivity index (χ2n) is 20.9.